The van der Waals surface area contributed by atoms with Crippen LogP contribution in [0.5, 0.6) is 0 Å². The van der Waals surface area contributed by atoms with Crippen molar-refractivity contribution in [2.45, 2.75) is 6.54 Å². The van der Waals surface area contributed by atoms with Crippen LogP contribution in [0, 0.1) is 5.82 Å². The van der Waals surface area contributed by atoms with Gasteiger partial charge in [0, 0.05) is 12.1 Å². The molecule has 0 bridgehead atoms. The van der Waals surface area contributed by atoms with E-state index >= 15 is 0 Å². The minimum Gasteiger partial charge on any atom is -0.397 e. The van der Waals surface area contributed by atoms with Gasteiger partial charge in [0.2, 0.25) is 0 Å². The van der Waals surface area contributed by atoms with Gasteiger partial charge in [-0.15, -0.1) is 11.3 Å². The predicted molar refractivity (Wildman–Crippen MR) is 71.0 cm³/mol. The summed E-state index contributed by atoms with van der Waals surface area (Å²) in [5, 5.41) is 3.69. The minimum absolute atomic E-state index is 0.273. The molecule has 0 saturated carbocycles. The number of carbonyl (C=O) groups excluding carboxylic acids is 1. The standard InChI is InChI=1S/C12H12FN3OS/c13-8-4-2-1-3-7(8)6-16-10-5-9(14)11(18-10)12(15)17/h1-5,16H,6,14H2,(H2,15,17). The monoisotopic (exact) mass is 265 g/mol. The number of hydrogen-bond acceptors (Lipinski definition) is 4. The van der Waals surface area contributed by atoms with E-state index in [1.807, 2.05) is 0 Å². The highest BCUT2D eigenvalue weighted by molar-refractivity contribution is 7.18. The van der Waals surface area contributed by atoms with Crippen LogP contribution in [-0.4, -0.2) is 5.91 Å². The van der Waals surface area contributed by atoms with Crippen LogP contribution in [0.4, 0.5) is 15.1 Å². The van der Waals surface area contributed by atoms with Crippen molar-refractivity contribution in [3.63, 3.8) is 0 Å². The lowest BCUT2D eigenvalue weighted by Crippen LogP contribution is -2.10. The summed E-state index contributed by atoms with van der Waals surface area (Å²) in [6.07, 6.45) is 0. The third-order valence-electron chi connectivity index (χ3n) is 2.40. The Balaban J connectivity index is 2.09. The molecule has 4 nitrogen and oxygen atoms in total. The van der Waals surface area contributed by atoms with E-state index in [1.54, 1.807) is 24.3 Å². The predicted octanol–water partition coefficient (Wildman–Crippen LogP) is 2.18. The van der Waals surface area contributed by atoms with Crippen LogP contribution < -0.4 is 16.8 Å². The Kier molecular flexibility index (Phi) is 3.47. The molecule has 1 aromatic heterocycles. The van der Waals surface area contributed by atoms with Crippen molar-refractivity contribution in [3.05, 3.63) is 46.6 Å². The quantitative estimate of drug-likeness (QED) is 0.792. The highest BCUT2D eigenvalue weighted by atomic mass is 32.1. The molecule has 0 radical (unpaired) electrons. The number of rotatable bonds is 4. The summed E-state index contributed by atoms with van der Waals surface area (Å²) < 4.78 is 13.4. The molecule has 0 fully saturated rings. The van der Waals surface area contributed by atoms with Gasteiger partial charge in [0.1, 0.15) is 10.7 Å². The van der Waals surface area contributed by atoms with E-state index in [-0.39, 0.29) is 5.82 Å². The Morgan fingerprint density at radius 2 is 2.11 bits per heavy atom. The SMILES string of the molecule is NC(=O)c1sc(NCc2ccccc2F)cc1N. The van der Waals surface area contributed by atoms with Crippen molar-refractivity contribution in [2.24, 2.45) is 5.73 Å². The average Bonchev–Trinajstić information content (AvgIpc) is 2.70. The summed E-state index contributed by atoms with van der Waals surface area (Å²) in [5.41, 5.74) is 11.7. The van der Waals surface area contributed by atoms with Crippen LogP contribution in [-0.2, 0) is 6.54 Å². The number of nitrogens with one attached hydrogen (secondary N) is 1. The van der Waals surface area contributed by atoms with Crippen LogP contribution >= 0.6 is 11.3 Å². The van der Waals surface area contributed by atoms with Crippen molar-refractivity contribution in [2.75, 3.05) is 11.1 Å². The highest BCUT2D eigenvalue weighted by Crippen LogP contribution is 2.29. The molecule has 0 aliphatic heterocycles. The number of halogens is 1. The second-order valence-corrected chi connectivity index (χ2v) is 4.76. The number of benzene rings is 1. The van der Waals surface area contributed by atoms with Crippen molar-refractivity contribution in [1.29, 1.82) is 0 Å². The van der Waals surface area contributed by atoms with Gasteiger partial charge in [0.25, 0.3) is 5.91 Å². The van der Waals surface area contributed by atoms with Gasteiger partial charge in [0.15, 0.2) is 0 Å². The van der Waals surface area contributed by atoms with E-state index in [9.17, 15) is 9.18 Å². The molecule has 2 aromatic rings. The Morgan fingerprint density at radius 3 is 2.72 bits per heavy atom. The molecule has 94 valence electrons. The van der Waals surface area contributed by atoms with Gasteiger partial charge in [-0.2, -0.15) is 0 Å². The molecule has 18 heavy (non-hydrogen) atoms. The van der Waals surface area contributed by atoms with E-state index in [4.69, 9.17) is 11.5 Å². The molecule has 1 heterocycles. The maximum absolute atomic E-state index is 13.4. The molecule has 0 spiro atoms. The van der Waals surface area contributed by atoms with Gasteiger partial charge in [-0.05, 0) is 12.1 Å². The van der Waals surface area contributed by atoms with E-state index in [0.717, 1.165) is 11.3 Å². The van der Waals surface area contributed by atoms with Crippen LogP contribution in [0.15, 0.2) is 30.3 Å². The van der Waals surface area contributed by atoms with Gasteiger partial charge >= 0.3 is 0 Å². The number of carbonyl (C=O) groups is 1. The van der Waals surface area contributed by atoms with Gasteiger partial charge < -0.3 is 16.8 Å². The van der Waals surface area contributed by atoms with Crippen molar-refractivity contribution in [3.8, 4) is 0 Å². The summed E-state index contributed by atoms with van der Waals surface area (Å²) in [5.74, 6) is -0.832. The molecule has 2 rings (SSSR count). The zero-order valence-corrected chi connectivity index (χ0v) is 10.3. The third kappa shape index (κ3) is 2.60. The van der Waals surface area contributed by atoms with Crippen LogP contribution in [0.2, 0.25) is 0 Å². The summed E-state index contributed by atoms with van der Waals surface area (Å²) in [6, 6.07) is 8.10. The number of nitrogen functional groups attached to an aromatic ring is 1. The zero-order valence-electron chi connectivity index (χ0n) is 9.44. The van der Waals surface area contributed by atoms with E-state index < -0.39 is 5.91 Å². The first-order chi connectivity index (χ1) is 8.58. The number of anilines is 2. The van der Waals surface area contributed by atoms with Gasteiger partial charge in [-0.25, -0.2) is 4.39 Å². The number of nitrogens with two attached hydrogens (primary N) is 2. The fourth-order valence-electron chi connectivity index (χ4n) is 1.51. The Labute approximate surface area is 107 Å². The lowest BCUT2D eigenvalue weighted by atomic mass is 10.2. The number of primary amides is 1. The molecular formula is C12H12FN3OS. The molecule has 1 aromatic carbocycles. The summed E-state index contributed by atoms with van der Waals surface area (Å²) in [4.78, 5) is 11.3. The van der Waals surface area contributed by atoms with Crippen molar-refractivity contribution < 1.29 is 9.18 Å². The van der Waals surface area contributed by atoms with Crippen LogP contribution in [0.3, 0.4) is 0 Å². The van der Waals surface area contributed by atoms with E-state index in [2.05, 4.69) is 5.32 Å². The molecule has 0 aliphatic rings. The molecule has 5 N–H and O–H groups in total. The average molecular weight is 265 g/mol. The topological polar surface area (TPSA) is 81.1 Å². The minimum atomic E-state index is -0.559. The normalized spacial score (nSPS) is 10.3. The molecule has 0 atom stereocenters. The first-order valence-electron chi connectivity index (χ1n) is 5.24. The third-order valence-corrected chi connectivity index (χ3v) is 3.52. The number of amides is 1. The van der Waals surface area contributed by atoms with Crippen molar-refractivity contribution in [1.82, 2.24) is 0 Å². The smallest absolute Gasteiger partial charge is 0.260 e. The summed E-state index contributed by atoms with van der Waals surface area (Å²) in [6.45, 7) is 0.324. The van der Waals surface area contributed by atoms with Crippen molar-refractivity contribution >= 4 is 27.9 Å². The van der Waals surface area contributed by atoms with E-state index in [1.165, 1.54) is 6.07 Å². The number of thiophene rings is 1. The molecular weight excluding hydrogens is 253 g/mol. The summed E-state index contributed by atoms with van der Waals surface area (Å²) in [7, 11) is 0. The van der Waals surface area contributed by atoms with E-state index in [0.29, 0.717) is 27.7 Å². The van der Waals surface area contributed by atoms with Gasteiger partial charge in [0.05, 0.1) is 10.7 Å². The second kappa shape index (κ2) is 5.05. The Bertz CT molecular complexity index is 582. The summed E-state index contributed by atoms with van der Waals surface area (Å²) >= 11 is 1.16. The maximum Gasteiger partial charge on any atom is 0.260 e. The van der Waals surface area contributed by atoms with Gasteiger partial charge in [-0.3, -0.25) is 4.79 Å². The lowest BCUT2D eigenvalue weighted by Gasteiger charge is -2.04. The van der Waals surface area contributed by atoms with Crippen LogP contribution in [0.1, 0.15) is 15.2 Å². The molecule has 6 heteroatoms. The lowest BCUT2D eigenvalue weighted by molar-refractivity contribution is 0.100. The maximum atomic E-state index is 13.4. The molecule has 0 unspecified atom stereocenters. The second-order valence-electron chi connectivity index (χ2n) is 3.70. The Hall–Kier alpha value is -2.08. The fourth-order valence-corrected chi connectivity index (χ4v) is 2.34. The highest BCUT2D eigenvalue weighted by Gasteiger charge is 2.11. The first-order valence-corrected chi connectivity index (χ1v) is 6.06. The molecule has 0 aliphatic carbocycles. The first kappa shape index (κ1) is 12.4. The molecule has 1 amide bonds. The zero-order chi connectivity index (χ0) is 13.1. The Morgan fingerprint density at radius 1 is 1.39 bits per heavy atom. The largest absolute Gasteiger partial charge is 0.397 e. The fraction of sp³-hybridized carbons (Fsp3) is 0.0833. The van der Waals surface area contributed by atoms with Gasteiger partial charge in [-0.1, -0.05) is 18.2 Å². The van der Waals surface area contributed by atoms with Crippen LogP contribution in [0.25, 0.3) is 0 Å². The number of hydrogen-bond donors (Lipinski definition) is 3. The molecule has 0 saturated heterocycles.